The van der Waals surface area contributed by atoms with Gasteiger partial charge in [-0.25, -0.2) is 0 Å². The Morgan fingerprint density at radius 1 is 1.15 bits per heavy atom. The van der Waals surface area contributed by atoms with Crippen LogP contribution in [0.15, 0.2) is 42.6 Å². The fourth-order valence-corrected chi connectivity index (χ4v) is 5.17. The second-order valence-electron chi connectivity index (χ2n) is 5.79. The highest BCUT2D eigenvalue weighted by molar-refractivity contribution is 6.72. The van der Waals surface area contributed by atoms with Crippen molar-refractivity contribution in [1.82, 2.24) is 0 Å². The zero-order chi connectivity index (χ0) is 14.5. The Balaban J connectivity index is 1.97. The zero-order valence-corrected chi connectivity index (χ0v) is 13.7. The van der Waals surface area contributed by atoms with E-state index in [0.717, 1.165) is 38.5 Å². The Bertz CT molecular complexity index is 416. The molecule has 1 heterocycles. The van der Waals surface area contributed by atoms with E-state index in [0.29, 0.717) is 0 Å². The van der Waals surface area contributed by atoms with E-state index < -0.39 is 8.56 Å². The quantitative estimate of drug-likeness (QED) is 0.729. The van der Waals surface area contributed by atoms with Gasteiger partial charge in [0.1, 0.15) is 0 Å². The van der Waals surface area contributed by atoms with Gasteiger partial charge in [0.15, 0.2) is 0 Å². The van der Waals surface area contributed by atoms with E-state index in [9.17, 15) is 0 Å². The normalized spacial score (nSPS) is 20.5. The first-order chi connectivity index (χ1) is 9.67. The van der Waals surface area contributed by atoms with Gasteiger partial charge in [0.25, 0.3) is 0 Å². The van der Waals surface area contributed by atoms with E-state index in [1.165, 1.54) is 5.56 Å². The molecule has 0 aromatic heterocycles. The van der Waals surface area contributed by atoms with Crippen LogP contribution in [0.25, 0.3) is 0 Å². The lowest BCUT2D eigenvalue weighted by atomic mass is 9.84. The second-order valence-corrected chi connectivity index (χ2v) is 8.90. The van der Waals surface area contributed by atoms with Crippen molar-refractivity contribution in [1.29, 1.82) is 0 Å². The summed E-state index contributed by atoms with van der Waals surface area (Å²) < 4.78 is 12.5. The minimum absolute atomic E-state index is 0.215. The molecule has 1 saturated heterocycles. The van der Waals surface area contributed by atoms with Gasteiger partial charge < -0.3 is 8.85 Å². The summed E-state index contributed by atoms with van der Waals surface area (Å²) in [5, 5.41) is 0. The molecule has 20 heavy (non-hydrogen) atoms. The van der Waals surface area contributed by atoms with E-state index in [1.54, 1.807) is 0 Å². The third kappa shape index (κ3) is 3.40. The lowest BCUT2D eigenvalue weighted by Crippen LogP contribution is -2.52. The topological polar surface area (TPSA) is 18.5 Å². The summed E-state index contributed by atoms with van der Waals surface area (Å²) >= 11 is 0. The smallest absolute Gasteiger partial charge is 0.364 e. The third-order valence-corrected chi connectivity index (χ3v) is 7.50. The van der Waals surface area contributed by atoms with E-state index in [-0.39, 0.29) is 5.41 Å². The van der Waals surface area contributed by atoms with Crippen molar-refractivity contribution in [2.45, 2.75) is 39.2 Å². The summed E-state index contributed by atoms with van der Waals surface area (Å²) in [6.45, 7) is 10.1. The molecule has 1 aromatic rings. The summed E-state index contributed by atoms with van der Waals surface area (Å²) in [5.41, 5.74) is 3.52. The largest absolute Gasteiger partial charge is 0.391 e. The Morgan fingerprint density at radius 2 is 1.75 bits per heavy atom. The number of hydrogen-bond donors (Lipinski definition) is 0. The molecule has 0 atom stereocenters. The van der Waals surface area contributed by atoms with Crippen LogP contribution in [0, 0.1) is 5.41 Å². The van der Waals surface area contributed by atoms with Crippen molar-refractivity contribution in [2.75, 3.05) is 13.2 Å². The minimum Gasteiger partial charge on any atom is -0.391 e. The SMILES string of the molecule is C=C[Si]1(CCc2ccccc2)OCC(CC)(CC)CO1. The minimum atomic E-state index is -2.20. The van der Waals surface area contributed by atoms with Crippen molar-refractivity contribution >= 4 is 8.56 Å². The van der Waals surface area contributed by atoms with E-state index in [4.69, 9.17) is 8.85 Å². The molecule has 0 bridgehead atoms. The summed E-state index contributed by atoms with van der Waals surface area (Å²) in [6, 6.07) is 11.5. The monoisotopic (exact) mass is 290 g/mol. The molecule has 0 amide bonds. The van der Waals surface area contributed by atoms with E-state index >= 15 is 0 Å². The first-order valence-electron chi connectivity index (χ1n) is 7.63. The Kier molecular flexibility index (Phi) is 5.19. The van der Waals surface area contributed by atoms with Crippen molar-refractivity contribution in [3.63, 3.8) is 0 Å². The van der Waals surface area contributed by atoms with Gasteiger partial charge in [-0.15, -0.1) is 6.58 Å². The van der Waals surface area contributed by atoms with Gasteiger partial charge in [-0.3, -0.25) is 0 Å². The maximum Gasteiger partial charge on any atom is 0.364 e. The van der Waals surface area contributed by atoms with Crippen LogP contribution < -0.4 is 0 Å². The van der Waals surface area contributed by atoms with Gasteiger partial charge in [-0.2, -0.15) is 0 Å². The molecule has 1 aromatic carbocycles. The summed E-state index contributed by atoms with van der Waals surface area (Å²) in [6.07, 6.45) is 3.23. The summed E-state index contributed by atoms with van der Waals surface area (Å²) in [5.74, 6) is 0. The first kappa shape index (κ1) is 15.5. The highest BCUT2D eigenvalue weighted by atomic mass is 28.4. The molecule has 1 fully saturated rings. The molecule has 0 saturated carbocycles. The average molecular weight is 290 g/mol. The average Bonchev–Trinajstić information content (AvgIpc) is 2.55. The van der Waals surface area contributed by atoms with Crippen LogP contribution in [0.1, 0.15) is 32.3 Å². The Morgan fingerprint density at radius 3 is 2.25 bits per heavy atom. The first-order valence-corrected chi connectivity index (χ1v) is 9.73. The van der Waals surface area contributed by atoms with Crippen molar-refractivity contribution in [2.24, 2.45) is 5.41 Å². The van der Waals surface area contributed by atoms with Crippen LogP contribution in [-0.2, 0) is 15.3 Å². The molecular formula is C17H26O2Si. The third-order valence-electron chi connectivity index (χ3n) is 4.66. The molecule has 1 aliphatic rings. The molecule has 1 aliphatic heterocycles. The molecule has 0 N–H and O–H groups in total. The van der Waals surface area contributed by atoms with Crippen LogP contribution in [0.2, 0.25) is 6.04 Å². The molecule has 0 aliphatic carbocycles. The fraction of sp³-hybridized carbons (Fsp3) is 0.529. The van der Waals surface area contributed by atoms with Gasteiger partial charge in [-0.05, 0) is 36.6 Å². The van der Waals surface area contributed by atoms with Crippen LogP contribution in [0.3, 0.4) is 0 Å². The lowest BCUT2D eigenvalue weighted by Gasteiger charge is -2.43. The number of benzene rings is 1. The lowest BCUT2D eigenvalue weighted by molar-refractivity contribution is -0.0105. The van der Waals surface area contributed by atoms with E-state index in [2.05, 4.69) is 50.8 Å². The molecule has 0 spiro atoms. The van der Waals surface area contributed by atoms with Crippen LogP contribution in [0.4, 0.5) is 0 Å². The van der Waals surface area contributed by atoms with Gasteiger partial charge >= 0.3 is 8.56 Å². The Labute approximate surface area is 124 Å². The predicted octanol–water partition coefficient (Wildman–Crippen LogP) is 4.25. The number of aryl methyl sites for hydroxylation is 1. The highest BCUT2D eigenvalue weighted by Gasteiger charge is 2.44. The summed E-state index contributed by atoms with van der Waals surface area (Å²) in [4.78, 5) is 0. The Hall–Kier alpha value is -0.903. The predicted molar refractivity (Wildman–Crippen MR) is 85.8 cm³/mol. The van der Waals surface area contributed by atoms with Crippen LogP contribution in [-0.4, -0.2) is 21.8 Å². The second kappa shape index (κ2) is 6.70. The standard InChI is InChI=1S/C17H26O2Si/c1-4-17(5-2)14-18-20(6-3,19-15-17)13-12-16-10-8-7-9-11-16/h6-11H,3-5,12-15H2,1-2H3. The van der Waals surface area contributed by atoms with Crippen molar-refractivity contribution < 1.29 is 8.85 Å². The molecule has 2 nitrogen and oxygen atoms in total. The molecule has 0 unspecified atom stereocenters. The maximum absolute atomic E-state index is 6.23. The van der Waals surface area contributed by atoms with Gasteiger partial charge in [0.05, 0.1) is 0 Å². The highest BCUT2D eigenvalue weighted by Crippen LogP contribution is 2.35. The fourth-order valence-electron chi connectivity index (χ4n) is 2.62. The van der Waals surface area contributed by atoms with Crippen LogP contribution in [0.5, 0.6) is 0 Å². The van der Waals surface area contributed by atoms with Crippen molar-refractivity contribution in [3.8, 4) is 0 Å². The van der Waals surface area contributed by atoms with E-state index in [1.807, 2.05) is 5.70 Å². The molecule has 3 heteroatoms. The van der Waals surface area contributed by atoms with Gasteiger partial charge in [-0.1, -0.05) is 44.2 Å². The molecule has 110 valence electrons. The van der Waals surface area contributed by atoms with Gasteiger partial charge in [0, 0.05) is 18.6 Å². The number of hydrogen-bond acceptors (Lipinski definition) is 2. The molecular weight excluding hydrogens is 264 g/mol. The van der Waals surface area contributed by atoms with Crippen molar-refractivity contribution in [3.05, 3.63) is 48.2 Å². The number of rotatable bonds is 6. The van der Waals surface area contributed by atoms with Crippen LogP contribution >= 0.6 is 0 Å². The molecule has 2 rings (SSSR count). The zero-order valence-electron chi connectivity index (χ0n) is 12.7. The summed E-state index contributed by atoms with van der Waals surface area (Å²) in [7, 11) is -2.20. The van der Waals surface area contributed by atoms with Gasteiger partial charge in [0.2, 0.25) is 0 Å². The molecule has 0 radical (unpaired) electrons. The maximum atomic E-state index is 6.23.